The van der Waals surface area contributed by atoms with Gasteiger partial charge in [0.2, 0.25) is 10.0 Å². The molecule has 1 atom stereocenters. The number of benzene rings is 1. The van der Waals surface area contributed by atoms with Gasteiger partial charge < -0.3 is 9.47 Å². The predicted octanol–water partition coefficient (Wildman–Crippen LogP) is 0.748. The Hall–Kier alpha value is -2.26. The van der Waals surface area contributed by atoms with Crippen molar-refractivity contribution in [2.45, 2.75) is 30.7 Å². The van der Waals surface area contributed by atoms with Gasteiger partial charge in [-0.15, -0.1) is 10.2 Å². The highest BCUT2D eigenvalue weighted by molar-refractivity contribution is 7.89. The van der Waals surface area contributed by atoms with E-state index in [0.29, 0.717) is 17.7 Å². The number of aryl methyl sites for hydroxylation is 1. The molecular formula is C15H19N5O3S. The van der Waals surface area contributed by atoms with Crippen LogP contribution in [-0.4, -0.2) is 40.5 Å². The quantitative estimate of drug-likeness (QED) is 0.879. The second kappa shape index (κ2) is 5.99. The van der Waals surface area contributed by atoms with Crippen LogP contribution >= 0.6 is 0 Å². The highest BCUT2D eigenvalue weighted by Gasteiger charge is 2.34. The molecule has 0 radical (unpaired) electrons. The molecule has 0 saturated carbocycles. The smallest absolute Gasteiger partial charge is 0.254 e. The molecule has 1 amide bonds. The molecule has 24 heavy (non-hydrogen) atoms. The number of hydrogen-bond donors (Lipinski definition) is 1. The van der Waals surface area contributed by atoms with E-state index in [9.17, 15) is 13.2 Å². The lowest BCUT2D eigenvalue weighted by Crippen LogP contribution is -2.32. The van der Waals surface area contributed by atoms with Crippen molar-refractivity contribution in [3.8, 4) is 0 Å². The number of nitrogens with zero attached hydrogens (tertiary/aromatic N) is 4. The molecule has 3 rings (SSSR count). The molecule has 1 aromatic carbocycles. The number of carbonyl (C=O) groups is 1. The summed E-state index contributed by atoms with van der Waals surface area (Å²) in [6.07, 6.45) is 3.26. The number of aromatic nitrogens is 3. The van der Waals surface area contributed by atoms with Crippen molar-refractivity contribution in [1.29, 1.82) is 0 Å². The second-order valence-corrected chi connectivity index (χ2v) is 7.46. The Morgan fingerprint density at radius 2 is 2.12 bits per heavy atom. The van der Waals surface area contributed by atoms with Gasteiger partial charge in [-0.2, -0.15) is 0 Å². The van der Waals surface area contributed by atoms with E-state index in [4.69, 9.17) is 5.14 Å². The van der Waals surface area contributed by atoms with Crippen molar-refractivity contribution in [1.82, 2.24) is 19.7 Å². The molecule has 1 aliphatic rings. The van der Waals surface area contributed by atoms with E-state index in [1.54, 1.807) is 28.8 Å². The van der Waals surface area contributed by atoms with Gasteiger partial charge in [-0.05, 0) is 37.5 Å². The molecule has 128 valence electrons. The lowest BCUT2D eigenvalue weighted by Gasteiger charge is -2.25. The number of rotatable bonds is 3. The third-order valence-electron chi connectivity index (χ3n) is 4.38. The first kappa shape index (κ1) is 16.6. The largest absolute Gasteiger partial charge is 0.328 e. The van der Waals surface area contributed by atoms with Crippen LogP contribution in [0.2, 0.25) is 0 Å². The number of primary sulfonamides is 1. The molecule has 8 nitrogen and oxygen atoms in total. The first-order chi connectivity index (χ1) is 11.3. The summed E-state index contributed by atoms with van der Waals surface area (Å²) in [5.74, 6) is 0.504. The zero-order valence-corrected chi connectivity index (χ0v) is 14.3. The SMILES string of the molecule is Cc1c(C(=O)N2CCCC2c2nncn2C)cccc1S(N)(=O)=O. The summed E-state index contributed by atoms with van der Waals surface area (Å²) in [6.45, 7) is 2.19. The third kappa shape index (κ3) is 2.80. The average Bonchev–Trinajstić information content (AvgIpc) is 3.13. The van der Waals surface area contributed by atoms with Crippen molar-refractivity contribution < 1.29 is 13.2 Å². The van der Waals surface area contributed by atoms with E-state index in [-0.39, 0.29) is 16.8 Å². The average molecular weight is 349 g/mol. The number of amides is 1. The van der Waals surface area contributed by atoms with Crippen molar-refractivity contribution in [2.75, 3.05) is 6.54 Å². The third-order valence-corrected chi connectivity index (χ3v) is 5.43. The second-order valence-electron chi connectivity index (χ2n) is 5.93. The number of carbonyl (C=O) groups excluding carboxylic acids is 1. The van der Waals surface area contributed by atoms with Crippen molar-refractivity contribution in [3.63, 3.8) is 0 Å². The summed E-state index contributed by atoms with van der Waals surface area (Å²) >= 11 is 0. The van der Waals surface area contributed by atoms with Crippen LogP contribution in [0.1, 0.15) is 40.6 Å². The van der Waals surface area contributed by atoms with E-state index >= 15 is 0 Å². The number of likely N-dealkylation sites (tertiary alicyclic amines) is 1. The lowest BCUT2D eigenvalue weighted by molar-refractivity contribution is 0.0727. The zero-order chi connectivity index (χ0) is 17.5. The van der Waals surface area contributed by atoms with Crippen molar-refractivity contribution in [3.05, 3.63) is 41.5 Å². The summed E-state index contributed by atoms with van der Waals surface area (Å²) in [7, 11) is -2.04. The van der Waals surface area contributed by atoms with E-state index < -0.39 is 10.0 Å². The standard InChI is InChI=1S/C15H19N5O3S/c1-10-11(5-3-7-13(10)24(16,22)23)15(21)20-8-4-6-12(20)14-18-17-9-19(14)2/h3,5,7,9,12H,4,6,8H2,1-2H3,(H2,16,22,23). The Morgan fingerprint density at radius 3 is 2.75 bits per heavy atom. The van der Waals surface area contributed by atoms with Gasteiger partial charge in [0.05, 0.1) is 10.9 Å². The van der Waals surface area contributed by atoms with Crippen molar-refractivity contribution >= 4 is 15.9 Å². The monoisotopic (exact) mass is 349 g/mol. The molecule has 2 heterocycles. The minimum atomic E-state index is -3.87. The summed E-state index contributed by atoms with van der Waals surface area (Å²) in [5.41, 5.74) is 0.712. The Labute approximate surface area is 140 Å². The fraction of sp³-hybridized carbons (Fsp3) is 0.400. The molecule has 1 unspecified atom stereocenters. The highest BCUT2D eigenvalue weighted by atomic mass is 32.2. The zero-order valence-electron chi connectivity index (χ0n) is 13.5. The fourth-order valence-corrected chi connectivity index (χ4v) is 3.99. The maximum Gasteiger partial charge on any atom is 0.254 e. The van der Waals surface area contributed by atoms with Gasteiger partial charge in [-0.25, -0.2) is 13.6 Å². The molecule has 1 aromatic heterocycles. The molecule has 9 heteroatoms. The topological polar surface area (TPSA) is 111 Å². The fourth-order valence-electron chi connectivity index (χ4n) is 3.18. The molecule has 0 aliphatic carbocycles. The van der Waals surface area contributed by atoms with E-state index in [0.717, 1.165) is 18.7 Å². The minimum Gasteiger partial charge on any atom is -0.328 e. The number of nitrogens with two attached hydrogens (primary N) is 1. The minimum absolute atomic E-state index is 0.0252. The maximum atomic E-state index is 13.0. The van der Waals surface area contributed by atoms with Gasteiger partial charge in [0.25, 0.3) is 5.91 Å². The molecule has 1 fully saturated rings. The first-order valence-electron chi connectivity index (χ1n) is 7.58. The van der Waals surface area contributed by atoms with E-state index in [1.807, 2.05) is 7.05 Å². The Morgan fingerprint density at radius 1 is 1.38 bits per heavy atom. The van der Waals surface area contributed by atoms with Crippen LogP contribution in [-0.2, 0) is 17.1 Å². The number of sulfonamides is 1. The summed E-state index contributed by atoms with van der Waals surface area (Å²) in [6, 6.07) is 4.40. The molecule has 1 aliphatic heterocycles. The van der Waals surface area contributed by atoms with Crippen molar-refractivity contribution in [2.24, 2.45) is 12.2 Å². The van der Waals surface area contributed by atoms with Crippen LogP contribution < -0.4 is 5.14 Å². The van der Waals surface area contributed by atoms with E-state index in [1.165, 1.54) is 12.1 Å². The van der Waals surface area contributed by atoms with Crippen LogP contribution in [0.25, 0.3) is 0 Å². The molecule has 0 bridgehead atoms. The van der Waals surface area contributed by atoms with Gasteiger partial charge in [-0.3, -0.25) is 4.79 Å². The number of hydrogen-bond acceptors (Lipinski definition) is 5. The van der Waals surface area contributed by atoms with Gasteiger partial charge in [0.15, 0.2) is 5.82 Å². The lowest BCUT2D eigenvalue weighted by atomic mass is 10.1. The van der Waals surface area contributed by atoms with Gasteiger partial charge >= 0.3 is 0 Å². The first-order valence-corrected chi connectivity index (χ1v) is 9.12. The molecule has 2 aromatic rings. The van der Waals surface area contributed by atoms with Gasteiger partial charge in [0, 0.05) is 19.2 Å². The maximum absolute atomic E-state index is 13.0. The summed E-state index contributed by atoms with van der Waals surface area (Å²) in [4.78, 5) is 14.7. The molecule has 0 spiro atoms. The van der Waals surface area contributed by atoms with Crippen LogP contribution in [0, 0.1) is 6.92 Å². The van der Waals surface area contributed by atoms with Gasteiger partial charge in [0.1, 0.15) is 6.33 Å². The van der Waals surface area contributed by atoms with E-state index in [2.05, 4.69) is 10.2 Å². The molecule has 1 saturated heterocycles. The Kier molecular flexibility index (Phi) is 4.14. The Bertz CT molecular complexity index is 890. The molecule has 2 N–H and O–H groups in total. The van der Waals surface area contributed by atoms with Gasteiger partial charge in [-0.1, -0.05) is 6.07 Å². The highest BCUT2D eigenvalue weighted by Crippen LogP contribution is 2.32. The van der Waals surface area contributed by atoms with Crippen LogP contribution in [0.4, 0.5) is 0 Å². The van der Waals surface area contributed by atoms with Crippen LogP contribution in [0.15, 0.2) is 29.4 Å². The van der Waals surface area contributed by atoms with Crippen LogP contribution in [0.3, 0.4) is 0 Å². The summed E-state index contributed by atoms with van der Waals surface area (Å²) < 4.78 is 25.1. The predicted molar refractivity (Wildman–Crippen MR) is 86.6 cm³/mol. The van der Waals surface area contributed by atoms with Crippen LogP contribution in [0.5, 0.6) is 0 Å². The summed E-state index contributed by atoms with van der Waals surface area (Å²) in [5, 5.41) is 13.2. The normalized spacial score (nSPS) is 18.1. The Balaban J connectivity index is 1.99. The molecular weight excluding hydrogens is 330 g/mol.